The number of carbonyl (C=O) groups is 3. The maximum Gasteiger partial charge on any atom is 0.293 e. The van der Waals surface area contributed by atoms with Crippen molar-refractivity contribution < 1.29 is 19.5 Å². The van der Waals surface area contributed by atoms with Crippen molar-refractivity contribution in [2.75, 3.05) is 10.7 Å². The van der Waals surface area contributed by atoms with E-state index in [2.05, 4.69) is 0 Å². The lowest BCUT2D eigenvalue weighted by Gasteiger charge is -2.13. The first-order valence-electron chi connectivity index (χ1n) is 4.41. The van der Waals surface area contributed by atoms with E-state index in [-0.39, 0.29) is 22.5 Å². The van der Waals surface area contributed by atoms with Gasteiger partial charge >= 0.3 is 0 Å². The number of amides is 2. The molecule has 16 heavy (non-hydrogen) atoms. The van der Waals surface area contributed by atoms with Gasteiger partial charge in [0, 0.05) is 0 Å². The van der Waals surface area contributed by atoms with Gasteiger partial charge in [-0.15, -0.1) is 0 Å². The lowest BCUT2D eigenvalue weighted by atomic mass is 10.2. The van der Waals surface area contributed by atoms with Crippen molar-refractivity contribution in [2.24, 2.45) is 0 Å². The van der Waals surface area contributed by atoms with E-state index in [4.69, 9.17) is 0 Å². The normalized spacial score (nSPS) is 15.6. The van der Waals surface area contributed by atoms with Crippen LogP contribution >= 0.6 is 11.8 Å². The van der Waals surface area contributed by atoms with Gasteiger partial charge in [0.15, 0.2) is 0 Å². The van der Waals surface area contributed by atoms with Gasteiger partial charge in [0.25, 0.3) is 5.24 Å². The predicted octanol–water partition coefficient (Wildman–Crippen LogP) is 0.250. The Morgan fingerprint density at radius 2 is 1.88 bits per heavy atom. The summed E-state index contributed by atoms with van der Waals surface area (Å²) in [6.07, 6.45) is 0. The molecule has 1 aromatic rings. The molecule has 0 atom stereocenters. The molecule has 0 aromatic heterocycles. The molecule has 5 nitrogen and oxygen atoms in total. The van der Waals surface area contributed by atoms with Crippen LogP contribution in [0.5, 0.6) is 0 Å². The molecule has 1 heterocycles. The van der Waals surface area contributed by atoms with Gasteiger partial charge in [0.05, 0.1) is 17.4 Å². The maximum atomic E-state index is 11.4. The molecular weight excluding hydrogens is 230 g/mol. The molecule has 0 saturated carbocycles. The zero-order valence-corrected chi connectivity index (χ0v) is 8.82. The molecule has 0 N–H and O–H groups in total. The minimum absolute atomic E-state index is 0.00972. The third-order valence-electron chi connectivity index (χ3n) is 2.11. The monoisotopic (exact) mass is 236 g/mol. The Hall–Kier alpha value is -1.82. The predicted molar refractivity (Wildman–Crippen MR) is 56.1 cm³/mol. The summed E-state index contributed by atoms with van der Waals surface area (Å²) in [6, 6.07) is 5.42. The minimum Gasteiger partial charge on any atom is -0.545 e. The number of nitrogens with zero attached hydrogens (tertiary/aromatic N) is 1. The topological polar surface area (TPSA) is 77.5 Å². The van der Waals surface area contributed by atoms with Gasteiger partial charge in [-0.2, -0.15) is 0 Å². The fraction of sp³-hybridized carbons (Fsp3) is 0.100. The number of anilines is 1. The number of imide groups is 1. The molecule has 2 rings (SSSR count). The summed E-state index contributed by atoms with van der Waals surface area (Å²) in [5.74, 6) is -1.46. The number of thioether (sulfide) groups is 1. The smallest absolute Gasteiger partial charge is 0.293 e. The van der Waals surface area contributed by atoms with E-state index in [0.717, 1.165) is 16.7 Å². The van der Waals surface area contributed by atoms with Crippen LogP contribution in [0.3, 0.4) is 0 Å². The van der Waals surface area contributed by atoms with Crippen molar-refractivity contribution in [1.82, 2.24) is 0 Å². The highest BCUT2D eigenvalue weighted by atomic mass is 32.2. The van der Waals surface area contributed by atoms with Crippen LogP contribution in [0.15, 0.2) is 24.3 Å². The third-order valence-corrected chi connectivity index (χ3v) is 2.93. The fourth-order valence-corrected chi connectivity index (χ4v) is 2.06. The molecule has 0 radical (unpaired) electrons. The summed E-state index contributed by atoms with van der Waals surface area (Å²) in [5.41, 5.74) is 0.389. The molecule has 1 saturated heterocycles. The molecule has 0 aliphatic carbocycles. The number of hydrogen-bond donors (Lipinski definition) is 0. The first-order chi connectivity index (χ1) is 7.59. The van der Waals surface area contributed by atoms with Crippen molar-refractivity contribution in [3.05, 3.63) is 29.8 Å². The van der Waals surface area contributed by atoms with Gasteiger partial charge < -0.3 is 9.90 Å². The van der Waals surface area contributed by atoms with Crippen molar-refractivity contribution in [2.45, 2.75) is 0 Å². The third kappa shape index (κ3) is 1.79. The summed E-state index contributed by atoms with van der Waals surface area (Å²) in [7, 11) is 0. The van der Waals surface area contributed by atoms with Crippen LogP contribution in [-0.4, -0.2) is 22.9 Å². The zero-order valence-electron chi connectivity index (χ0n) is 8.00. The Kier molecular flexibility index (Phi) is 2.66. The molecule has 1 aromatic carbocycles. The highest BCUT2D eigenvalue weighted by molar-refractivity contribution is 8.15. The van der Waals surface area contributed by atoms with E-state index >= 15 is 0 Å². The molecule has 6 heteroatoms. The van der Waals surface area contributed by atoms with Gasteiger partial charge in [-0.3, -0.25) is 9.59 Å². The Morgan fingerprint density at radius 1 is 1.25 bits per heavy atom. The number of carboxylic acid groups (broad SMARTS) is 1. The van der Waals surface area contributed by atoms with Crippen molar-refractivity contribution in [3.8, 4) is 0 Å². The molecule has 82 valence electrons. The van der Waals surface area contributed by atoms with Crippen LogP contribution < -0.4 is 10.0 Å². The van der Waals surface area contributed by atoms with Gasteiger partial charge in [-0.25, -0.2) is 4.90 Å². The SMILES string of the molecule is O=C([O-])c1ccc(N2C(=O)CSC2=O)cc1. The van der Waals surface area contributed by atoms with Gasteiger partial charge in [-0.1, -0.05) is 23.9 Å². The van der Waals surface area contributed by atoms with Crippen LogP contribution in [-0.2, 0) is 4.79 Å². The lowest BCUT2D eigenvalue weighted by molar-refractivity contribution is -0.255. The summed E-state index contributed by atoms with van der Waals surface area (Å²) < 4.78 is 0. The first-order valence-corrected chi connectivity index (χ1v) is 5.39. The molecule has 0 spiro atoms. The highest BCUT2D eigenvalue weighted by Gasteiger charge is 2.31. The Balaban J connectivity index is 2.31. The van der Waals surface area contributed by atoms with Gasteiger partial charge in [0.1, 0.15) is 0 Å². The van der Waals surface area contributed by atoms with Crippen molar-refractivity contribution in [3.63, 3.8) is 0 Å². The zero-order chi connectivity index (χ0) is 11.7. The Bertz CT molecular complexity index is 452. The quantitative estimate of drug-likeness (QED) is 0.735. The molecule has 0 bridgehead atoms. The summed E-state index contributed by atoms with van der Waals surface area (Å²) in [6.45, 7) is 0. The highest BCUT2D eigenvalue weighted by Crippen LogP contribution is 2.26. The second-order valence-corrected chi connectivity index (χ2v) is 4.04. The fourth-order valence-electron chi connectivity index (χ4n) is 1.35. The van der Waals surface area contributed by atoms with Crippen LogP contribution in [0.1, 0.15) is 10.4 Å². The van der Waals surface area contributed by atoms with E-state index in [1.807, 2.05) is 0 Å². The number of carboxylic acids is 1. The van der Waals surface area contributed by atoms with Crippen molar-refractivity contribution in [1.29, 1.82) is 0 Å². The second-order valence-electron chi connectivity index (χ2n) is 3.12. The van der Waals surface area contributed by atoms with Crippen LogP contribution in [0.4, 0.5) is 10.5 Å². The Labute approximate surface area is 95.0 Å². The number of carbonyl (C=O) groups excluding carboxylic acids is 3. The largest absolute Gasteiger partial charge is 0.545 e. The van der Waals surface area contributed by atoms with Crippen molar-refractivity contribution >= 4 is 34.6 Å². The van der Waals surface area contributed by atoms with E-state index < -0.39 is 5.97 Å². The average molecular weight is 236 g/mol. The standard InChI is InChI=1S/C10H7NO4S/c12-8-5-16-10(15)11(8)7-3-1-6(2-4-7)9(13)14/h1-4H,5H2,(H,13,14)/p-1. The summed E-state index contributed by atoms with van der Waals surface area (Å²) in [4.78, 5) is 34.2. The molecule has 1 aliphatic heterocycles. The molecule has 0 unspecified atom stereocenters. The minimum atomic E-state index is -1.29. The van der Waals surface area contributed by atoms with E-state index in [1.165, 1.54) is 24.3 Å². The van der Waals surface area contributed by atoms with Crippen LogP contribution in [0.25, 0.3) is 0 Å². The second kappa shape index (κ2) is 3.97. The van der Waals surface area contributed by atoms with E-state index in [0.29, 0.717) is 5.69 Å². The number of benzene rings is 1. The molecule has 1 fully saturated rings. The number of hydrogen-bond acceptors (Lipinski definition) is 5. The van der Waals surface area contributed by atoms with Gasteiger partial charge in [-0.05, 0) is 17.7 Å². The average Bonchev–Trinajstić information content (AvgIpc) is 2.59. The molecule has 2 amide bonds. The van der Waals surface area contributed by atoms with Crippen LogP contribution in [0, 0.1) is 0 Å². The van der Waals surface area contributed by atoms with Crippen LogP contribution in [0.2, 0.25) is 0 Å². The lowest BCUT2D eigenvalue weighted by Crippen LogP contribution is -2.28. The summed E-state index contributed by atoms with van der Waals surface area (Å²) in [5, 5.41) is 10.2. The molecule has 1 aliphatic rings. The van der Waals surface area contributed by atoms with E-state index in [1.54, 1.807) is 0 Å². The van der Waals surface area contributed by atoms with E-state index in [9.17, 15) is 19.5 Å². The first kappa shape index (κ1) is 10.7. The maximum absolute atomic E-state index is 11.4. The summed E-state index contributed by atoms with van der Waals surface area (Å²) >= 11 is 0.928. The number of rotatable bonds is 2. The number of aromatic carboxylic acids is 1. The van der Waals surface area contributed by atoms with Gasteiger partial charge in [0.2, 0.25) is 5.91 Å². The Morgan fingerprint density at radius 3 is 2.31 bits per heavy atom. The molecular formula is C10H6NO4S-.